The maximum Gasteiger partial charge on any atom is 0.249 e. The lowest BCUT2D eigenvalue weighted by molar-refractivity contribution is -0.151. The van der Waals surface area contributed by atoms with E-state index in [2.05, 4.69) is 10.3 Å². The van der Waals surface area contributed by atoms with Crippen LogP contribution in [0.2, 0.25) is 0 Å². The Morgan fingerprint density at radius 2 is 1.89 bits per heavy atom. The first-order chi connectivity index (χ1) is 13.3. The molecular formula is C22H25F3N2O. The third kappa shape index (κ3) is 3.87. The summed E-state index contributed by atoms with van der Waals surface area (Å²) in [4.78, 5) is 16.5. The lowest BCUT2D eigenvalue weighted by Gasteiger charge is -2.37. The van der Waals surface area contributed by atoms with Crippen LogP contribution in [-0.2, 0) is 4.79 Å². The number of pyridine rings is 1. The molecule has 28 heavy (non-hydrogen) atoms. The SMILES string of the molecule is C[C@@H](NC(=O)C1CC(F)(F)C1)C1CCC(c2ccnc3ccc(F)cc23)CC1. The van der Waals surface area contributed by atoms with Gasteiger partial charge in [0, 0.05) is 36.4 Å². The van der Waals surface area contributed by atoms with Gasteiger partial charge < -0.3 is 5.32 Å². The third-order valence-corrected chi connectivity index (χ3v) is 6.49. The van der Waals surface area contributed by atoms with Gasteiger partial charge in [0.05, 0.1) is 5.52 Å². The molecule has 0 unspecified atom stereocenters. The van der Waals surface area contributed by atoms with E-state index in [1.165, 1.54) is 6.07 Å². The Balaban J connectivity index is 1.36. The largest absolute Gasteiger partial charge is 0.353 e. The Hall–Kier alpha value is -2.11. The van der Waals surface area contributed by atoms with E-state index in [1.807, 2.05) is 13.0 Å². The molecule has 2 aliphatic carbocycles. The quantitative estimate of drug-likeness (QED) is 0.780. The lowest BCUT2D eigenvalue weighted by Crippen LogP contribution is -2.49. The summed E-state index contributed by atoms with van der Waals surface area (Å²) in [6.45, 7) is 1.97. The molecule has 0 saturated heterocycles. The van der Waals surface area contributed by atoms with Gasteiger partial charge in [0.2, 0.25) is 11.8 Å². The van der Waals surface area contributed by atoms with Gasteiger partial charge in [0.15, 0.2) is 0 Å². The Morgan fingerprint density at radius 1 is 1.18 bits per heavy atom. The molecule has 6 heteroatoms. The average Bonchev–Trinajstić information content (AvgIpc) is 2.65. The highest BCUT2D eigenvalue weighted by Gasteiger charge is 2.49. The summed E-state index contributed by atoms with van der Waals surface area (Å²) in [6.07, 6.45) is 4.94. The molecule has 150 valence electrons. The maximum absolute atomic E-state index is 13.7. The highest BCUT2D eigenvalue weighted by atomic mass is 19.3. The Morgan fingerprint density at radius 3 is 2.57 bits per heavy atom. The monoisotopic (exact) mass is 390 g/mol. The standard InChI is InChI=1S/C22H25F3N2O/c1-13(27-21(28)16-11-22(24,25)12-16)14-2-4-15(5-3-14)18-8-9-26-20-7-6-17(23)10-19(18)20/h6-10,13-16H,2-5,11-12H2,1H3,(H,27,28)/t13-,14?,15?/m1/s1. The molecule has 2 fully saturated rings. The molecule has 2 aliphatic rings. The van der Waals surface area contributed by atoms with Crippen LogP contribution in [0.15, 0.2) is 30.5 Å². The van der Waals surface area contributed by atoms with Crippen molar-refractivity contribution in [2.45, 2.75) is 63.3 Å². The number of halogens is 3. The van der Waals surface area contributed by atoms with Crippen LogP contribution in [0.3, 0.4) is 0 Å². The second kappa shape index (κ2) is 7.37. The molecule has 0 spiro atoms. The van der Waals surface area contributed by atoms with E-state index in [0.29, 0.717) is 11.8 Å². The summed E-state index contributed by atoms with van der Waals surface area (Å²) in [5.74, 6) is -3.03. The van der Waals surface area contributed by atoms with Crippen molar-refractivity contribution in [1.29, 1.82) is 0 Å². The van der Waals surface area contributed by atoms with Crippen molar-refractivity contribution in [3.63, 3.8) is 0 Å². The van der Waals surface area contributed by atoms with Crippen LogP contribution in [0.5, 0.6) is 0 Å². The van der Waals surface area contributed by atoms with E-state index in [1.54, 1.807) is 18.3 Å². The second-order valence-electron chi connectivity index (χ2n) is 8.43. The molecule has 1 atom stereocenters. The summed E-state index contributed by atoms with van der Waals surface area (Å²) in [7, 11) is 0. The number of hydrogen-bond acceptors (Lipinski definition) is 2. The molecule has 1 aromatic carbocycles. The van der Waals surface area contributed by atoms with Gasteiger partial charge in [-0.25, -0.2) is 13.2 Å². The summed E-state index contributed by atoms with van der Waals surface area (Å²) >= 11 is 0. The summed E-state index contributed by atoms with van der Waals surface area (Å²) in [5.41, 5.74) is 1.94. The van der Waals surface area contributed by atoms with Crippen LogP contribution in [0.25, 0.3) is 10.9 Å². The number of nitrogens with zero attached hydrogens (tertiary/aromatic N) is 1. The van der Waals surface area contributed by atoms with Crippen LogP contribution in [-0.4, -0.2) is 22.9 Å². The number of rotatable bonds is 4. The van der Waals surface area contributed by atoms with Crippen LogP contribution < -0.4 is 5.32 Å². The summed E-state index contributed by atoms with van der Waals surface area (Å²) in [6, 6.07) is 6.66. The zero-order valence-corrected chi connectivity index (χ0v) is 15.9. The Bertz CT molecular complexity index is 869. The highest BCUT2D eigenvalue weighted by molar-refractivity contribution is 5.82. The molecule has 3 nitrogen and oxygen atoms in total. The van der Waals surface area contributed by atoms with E-state index in [9.17, 15) is 18.0 Å². The van der Waals surface area contributed by atoms with Crippen molar-refractivity contribution in [1.82, 2.24) is 10.3 Å². The number of fused-ring (bicyclic) bond motifs is 1. The molecular weight excluding hydrogens is 365 g/mol. The number of hydrogen-bond donors (Lipinski definition) is 1. The van der Waals surface area contributed by atoms with Crippen molar-refractivity contribution >= 4 is 16.8 Å². The van der Waals surface area contributed by atoms with Gasteiger partial charge in [-0.1, -0.05) is 0 Å². The van der Waals surface area contributed by atoms with Crippen LogP contribution in [0.4, 0.5) is 13.2 Å². The number of benzene rings is 1. The minimum Gasteiger partial charge on any atom is -0.353 e. The van der Waals surface area contributed by atoms with Crippen molar-refractivity contribution in [2.24, 2.45) is 11.8 Å². The first-order valence-corrected chi connectivity index (χ1v) is 10.0. The van der Waals surface area contributed by atoms with E-state index < -0.39 is 11.8 Å². The molecule has 2 saturated carbocycles. The normalized spacial score (nSPS) is 25.9. The fourth-order valence-electron chi connectivity index (χ4n) is 4.73. The first kappa shape index (κ1) is 19.2. The van der Waals surface area contributed by atoms with Gasteiger partial charge in [0.1, 0.15) is 5.82 Å². The Kier molecular flexibility index (Phi) is 5.06. The van der Waals surface area contributed by atoms with E-state index >= 15 is 0 Å². The van der Waals surface area contributed by atoms with Gasteiger partial charge in [-0.15, -0.1) is 0 Å². The van der Waals surface area contributed by atoms with Crippen LogP contribution >= 0.6 is 0 Å². The number of carbonyl (C=O) groups excluding carboxylic acids is 1. The van der Waals surface area contributed by atoms with Gasteiger partial charge in [0.25, 0.3) is 0 Å². The fourth-order valence-corrected chi connectivity index (χ4v) is 4.73. The van der Waals surface area contributed by atoms with E-state index in [-0.39, 0.29) is 30.6 Å². The molecule has 1 heterocycles. The van der Waals surface area contributed by atoms with Crippen LogP contribution in [0.1, 0.15) is 56.9 Å². The fraction of sp³-hybridized carbons (Fsp3) is 0.545. The van der Waals surface area contributed by atoms with Crippen molar-refractivity contribution in [2.75, 3.05) is 0 Å². The molecule has 1 aromatic heterocycles. The zero-order valence-electron chi connectivity index (χ0n) is 15.9. The number of alkyl halides is 2. The molecule has 4 rings (SSSR count). The molecule has 0 radical (unpaired) electrons. The zero-order chi connectivity index (χ0) is 19.9. The summed E-state index contributed by atoms with van der Waals surface area (Å²) < 4.78 is 39.7. The smallest absolute Gasteiger partial charge is 0.249 e. The molecule has 0 bridgehead atoms. The number of aromatic nitrogens is 1. The maximum atomic E-state index is 13.7. The molecule has 2 aromatic rings. The summed E-state index contributed by atoms with van der Waals surface area (Å²) in [5, 5.41) is 3.82. The van der Waals surface area contributed by atoms with Gasteiger partial charge in [-0.3, -0.25) is 9.78 Å². The van der Waals surface area contributed by atoms with E-state index in [0.717, 1.165) is 42.1 Å². The molecule has 1 N–H and O–H groups in total. The predicted molar refractivity (Wildman–Crippen MR) is 102 cm³/mol. The van der Waals surface area contributed by atoms with Crippen molar-refractivity contribution < 1.29 is 18.0 Å². The highest BCUT2D eigenvalue weighted by Crippen LogP contribution is 2.43. The second-order valence-corrected chi connectivity index (χ2v) is 8.43. The van der Waals surface area contributed by atoms with Gasteiger partial charge in [-0.2, -0.15) is 0 Å². The predicted octanol–water partition coefficient (Wildman–Crippen LogP) is 5.20. The van der Waals surface area contributed by atoms with Crippen LogP contribution in [0, 0.1) is 17.7 Å². The van der Waals surface area contributed by atoms with Crippen molar-refractivity contribution in [3.8, 4) is 0 Å². The molecule has 0 aliphatic heterocycles. The van der Waals surface area contributed by atoms with Gasteiger partial charge >= 0.3 is 0 Å². The minimum absolute atomic E-state index is 0.0192. The number of amides is 1. The Labute approximate surface area is 162 Å². The number of nitrogens with one attached hydrogen (secondary N) is 1. The average molecular weight is 390 g/mol. The topological polar surface area (TPSA) is 42.0 Å². The van der Waals surface area contributed by atoms with E-state index in [4.69, 9.17) is 0 Å². The molecule has 1 amide bonds. The van der Waals surface area contributed by atoms with Gasteiger partial charge in [-0.05, 0) is 74.3 Å². The first-order valence-electron chi connectivity index (χ1n) is 10.0. The minimum atomic E-state index is -2.67. The third-order valence-electron chi connectivity index (χ3n) is 6.49. The van der Waals surface area contributed by atoms with Crippen molar-refractivity contribution in [3.05, 3.63) is 41.8 Å². The lowest BCUT2D eigenvalue weighted by atomic mass is 9.75. The number of carbonyl (C=O) groups is 1.